The van der Waals surface area contributed by atoms with Crippen molar-refractivity contribution in [3.05, 3.63) is 231 Å². The van der Waals surface area contributed by atoms with E-state index in [1.54, 1.807) is 0 Å². The standard InChI is InChI=1S/C61H38N4O/c1-4-16-39(17-5-1)41-21-14-22-44(34-41)60-62-59(40-18-6-2-7-19-40)63-61(64-60)45-31-33-52-53-28-15-27-49(58(53)66-57(52)38-45)46-35-42-20-10-11-25-48(42)54(36-46)43-30-32-51-50-26-12-13-29-55(50)65(56(51)37-43)47-23-8-3-9-24-47/h1-38H. The van der Waals surface area contributed by atoms with Crippen LogP contribution in [0.2, 0.25) is 0 Å². The Balaban J connectivity index is 0.946. The van der Waals surface area contributed by atoms with Crippen molar-refractivity contribution in [2.24, 2.45) is 0 Å². The highest BCUT2D eigenvalue weighted by Crippen LogP contribution is 2.42. The summed E-state index contributed by atoms with van der Waals surface area (Å²) in [7, 11) is 0. The fourth-order valence-electron chi connectivity index (χ4n) is 9.68. The minimum atomic E-state index is 0.578. The quantitative estimate of drug-likeness (QED) is 0.160. The van der Waals surface area contributed by atoms with Crippen LogP contribution in [0.5, 0.6) is 0 Å². The summed E-state index contributed by atoms with van der Waals surface area (Å²) in [6.07, 6.45) is 0. The van der Waals surface area contributed by atoms with Crippen LogP contribution < -0.4 is 0 Å². The first-order valence-electron chi connectivity index (χ1n) is 22.3. The molecular weight excluding hydrogens is 805 g/mol. The van der Waals surface area contributed by atoms with E-state index in [0.29, 0.717) is 17.5 Å². The lowest BCUT2D eigenvalue weighted by molar-refractivity contribution is 0.670. The normalized spacial score (nSPS) is 11.6. The van der Waals surface area contributed by atoms with E-state index in [4.69, 9.17) is 19.4 Å². The lowest BCUT2D eigenvalue weighted by Gasteiger charge is -2.13. The molecule has 0 aliphatic rings. The zero-order valence-electron chi connectivity index (χ0n) is 35.6. The zero-order chi connectivity index (χ0) is 43.6. The molecule has 66 heavy (non-hydrogen) atoms. The molecule has 5 heteroatoms. The van der Waals surface area contributed by atoms with Crippen LogP contribution in [0.1, 0.15) is 0 Å². The van der Waals surface area contributed by atoms with E-state index in [9.17, 15) is 0 Å². The summed E-state index contributed by atoms with van der Waals surface area (Å²) in [6.45, 7) is 0. The summed E-state index contributed by atoms with van der Waals surface area (Å²) in [5.74, 6) is 1.80. The number of hydrogen-bond donors (Lipinski definition) is 0. The maximum atomic E-state index is 6.93. The number of furan rings is 1. The third-order valence-electron chi connectivity index (χ3n) is 12.8. The van der Waals surface area contributed by atoms with Crippen molar-refractivity contribution in [3.8, 4) is 73.2 Å². The van der Waals surface area contributed by atoms with Crippen LogP contribution in [0, 0.1) is 0 Å². The maximum absolute atomic E-state index is 6.93. The van der Waals surface area contributed by atoms with Crippen LogP contribution in [0.3, 0.4) is 0 Å². The van der Waals surface area contributed by atoms with Crippen molar-refractivity contribution < 1.29 is 4.42 Å². The van der Waals surface area contributed by atoms with E-state index in [1.807, 2.05) is 36.4 Å². The third kappa shape index (κ3) is 6.36. The lowest BCUT2D eigenvalue weighted by Crippen LogP contribution is -2.00. The molecule has 0 radical (unpaired) electrons. The maximum Gasteiger partial charge on any atom is 0.164 e. The van der Waals surface area contributed by atoms with Gasteiger partial charge in [-0.1, -0.05) is 176 Å². The smallest absolute Gasteiger partial charge is 0.164 e. The summed E-state index contributed by atoms with van der Waals surface area (Å²) >= 11 is 0. The number of rotatable bonds is 7. The Labute approximate surface area is 380 Å². The topological polar surface area (TPSA) is 56.7 Å². The number of aromatic nitrogens is 4. The van der Waals surface area contributed by atoms with Gasteiger partial charge in [0.15, 0.2) is 17.5 Å². The van der Waals surface area contributed by atoms with Gasteiger partial charge in [0.25, 0.3) is 0 Å². The molecule has 0 spiro atoms. The molecule has 0 amide bonds. The predicted octanol–water partition coefficient (Wildman–Crippen LogP) is 16.0. The Morgan fingerprint density at radius 1 is 0.303 bits per heavy atom. The molecule has 0 atom stereocenters. The van der Waals surface area contributed by atoms with Crippen molar-refractivity contribution in [2.45, 2.75) is 0 Å². The van der Waals surface area contributed by atoms with Gasteiger partial charge in [0.1, 0.15) is 11.2 Å². The summed E-state index contributed by atoms with van der Waals surface area (Å²) in [5.41, 5.74) is 14.5. The van der Waals surface area contributed by atoms with Gasteiger partial charge in [0.2, 0.25) is 0 Å². The number of fused-ring (bicyclic) bond motifs is 7. The van der Waals surface area contributed by atoms with Crippen molar-refractivity contribution in [2.75, 3.05) is 0 Å². The van der Waals surface area contributed by atoms with Crippen LogP contribution in [0.15, 0.2) is 235 Å². The van der Waals surface area contributed by atoms with Crippen LogP contribution in [-0.4, -0.2) is 19.5 Å². The summed E-state index contributed by atoms with van der Waals surface area (Å²) < 4.78 is 9.32. The van der Waals surface area contributed by atoms with Gasteiger partial charge in [-0.25, -0.2) is 15.0 Å². The molecule has 3 aromatic heterocycles. The molecule has 0 unspecified atom stereocenters. The Morgan fingerprint density at radius 3 is 1.68 bits per heavy atom. The Hall–Kier alpha value is -8.93. The zero-order valence-corrected chi connectivity index (χ0v) is 35.6. The summed E-state index contributed by atoms with van der Waals surface area (Å²) in [4.78, 5) is 15.2. The molecule has 3 heterocycles. The van der Waals surface area contributed by atoms with Gasteiger partial charge in [-0.05, 0) is 93.2 Å². The predicted molar refractivity (Wildman–Crippen MR) is 272 cm³/mol. The summed E-state index contributed by atoms with van der Waals surface area (Å²) in [5, 5.41) is 6.91. The number of benzene rings is 10. The third-order valence-corrected chi connectivity index (χ3v) is 12.8. The van der Waals surface area contributed by atoms with Gasteiger partial charge in [0, 0.05) is 49.5 Å². The van der Waals surface area contributed by atoms with E-state index in [1.165, 1.54) is 38.1 Å². The van der Waals surface area contributed by atoms with E-state index in [2.05, 4.69) is 199 Å². The van der Waals surface area contributed by atoms with Crippen LogP contribution in [-0.2, 0) is 0 Å². The van der Waals surface area contributed by atoms with Crippen molar-refractivity contribution in [1.82, 2.24) is 19.5 Å². The van der Waals surface area contributed by atoms with Crippen molar-refractivity contribution in [3.63, 3.8) is 0 Å². The highest BCUT2D eigenvalue weighted by molar-refractivity contribution is 6.13. The van der Waals surface area contributed by atoms with Crippen molar-refractivity contribution in [1.29, 1.82) is 0 Å². The van der Waals surface area contributed by atoms with Gasteiger partial charge < -0.3 is 8.98 Å². The molecule has 0 N–H and O–H groups in total. The fraction of sp³-hybridized carbons (Fsp3) is 0. The highest BCUT2D eigenvalue weighted by atomic mass is 16.3. The largest absolute Gasteiger partial charge is 0.455 e. The van der Waals surface area contributed by atoms with E-state index < -0.39 is 0 Å². The highest BCUT2D eigenvalue weighted by Gasteiger charge is 2.19. The van der Waals surface area contributed by atoms with Crippen LogP contribution >= 0.6 is 0 Å². The monoisotopic (exact) mass is 842 g/mol. The lowest BCUT2D eigenvalue weighted by atomic mass is 9.92. The minimum absolute atomic E-state index is 0.578. The molecule has 0 saturated heterocycles. The second-order valence-electron chi connectivity index (χ2n) is 16.8. The Kier molecular flexibility index (Phi) is 8.78. The van der Waals surface area contributed by atoms with Gasteiger partial charge in [-0.15, -0.1) is 0 Å². The first kappa shape index (κ1) is 37.6. The first-order valence-corrected chi connectivity index (χ1v) is 22.3. The van der Waals surface area contributed by atoms with E-state index >= 15 is 0 Å². The molecule has 13 rings (SSSR count). The van der Waals surface area contributed by atoms with E-state index in [0.717, 1.165) is 72.1 Å². The Bertz CT molecular complexity index is 3990. The number of hydrogen-bond acceptors (Lipinski definition) is 4. The molecule has 308 valence electrons. The molecule has 0 saturated carbocycles. The second kappa shape index (κ2) is 15.4. The van der Waals surface area contributed by atoms with Gasteiger partial charge in [0.05, 0.1) is 11.0 Å². The SMILES string of the molecule is c1ccc(-c2cccc(-c3nc(-c4ccccc4)nc(-c4ccc5c(c4)oc4c(-c6cc(-c7ccc8c9ccccc9n(-c9ccccc9)c8c7)c7ccccc7c6)cccc45)n3)c2)cc1. The molecular formula is C61H38N4O. The average Bonchev–Trinajstić information content (AvgIpc) is 3.94. The minimum Gasteiger partial charge on any atom is -0.455 e. The van der Waals surface area contributed by atoms with Crippen LogP contribution in [0.25, 0.3) is 128 Å². The van der Waals surface area contributed by atoms with Crippen molar-refractivity contribution >= 4 is 54.5 Å². The average molecular weight is 843 g/mol. The Morgan fingerprint density at radius 2 is 0.879 bits per heavy atom. The first-order chi connectivity index (χ1) is 32.7. The summed E-state index contributed by atoms with van der Waals surface area (Å²) in [6, 6.07) is 81.1. The second-order valence-corrected chi connectivity index (χ2v) is 16.8. The van der Waals surface area contributed by atoms with Crippen LogP contribution in [0.4, 0.5) is 0 Å². The van der Waals surface area contributed by atoms with E-state index in [-0.39, 0.29) is 0 Å². The molecule has 10 aromatic carbocycles. The molecule has 0 aliphatic carbocycles. The molecule has 0 aliphatic heterocycles. The fourth-order valence-corrected chi connectivity index (χ4v) is 9.68. The number of nitrogens with zero attached hydrogens (tertiary/aromatic N) is 4. The molecule has 0 bridgehead atoms. The van der Waals surface area contributed by atoms with Gasteiger partial charge >= 0.3 is 0 Å². The number of para-hydroxylation sites is 3. The molecule has 0 fully saturated rings. The molecule has 13 aromatic rings. The van der Waals surface area contributed by atoms with Gasteiger partial charge in [-0.2, -0.15) is 0 Å². The van der Waals surface area contributed by atoms with Gasteiger partial charge in [-0.3, -0.25) is 0 Å². The molecule has 5 nitrogen and oxygen atoms in total.